The van der Waals surface area contributed by atoms with Crippen molar-refractivity contribution in [2.45, 2.75) is 25.8 Å². The number of aliphatic imine (C=N–C) groups is 2. The van der Waals surface area contributed by atoms with Crippen molar-refractivity contribution in [1.29, 1.82) is 0 Å². The van der Waals surface area contributed by atoms with E-state index in [1.54, 1.807) is 0 Å². The lowest BCUT2D eigenvalue weighted by Gasteiger charge is -2.31. The van der Waals surface area contributed by atoms with Crippen LogP contribution in [0.4, 0.5) is 11.4 Å². The summed E-state index contributed by atoms with van der Waals surface area (Å²) in [6.07, 6.45) is 1.47. The van der Waals surface area contributed by atoms with E-state index >= 15 is 0 Å². The van der Waals surface area contributed by atoms with E-state index in [1.807, 2.05) is 83.8 Å². The summed E-state index contributed by atoms with van der Waals surface area (Å²) >= 11 is 1.32. The molecule has 0 saturated heterocycles. The first-order valence-electron chi connectivity index (χ1n) is 11.3. The molecule has 1 N–H and O–H groups in total. The Balaban J connectivity index is 1.37. The Bertz CT molecular complexity index is 1290. The maximum Gasteiger partial charge on any atom is 0.271 e. The summed E-state index contributed by atoms with van der Waals surface area (Å²) in [6.45, 7) is 2.10. The van der Waals surface area contributed by atoms with Crippen molar-refractivity contribution in [3.05, 3.63) is 95.6 Å². The fraction of sp³-hybridized carbons (Fsp3) is 0.185. The van der Waals surface area contributed by atoms with Crippen LogP contribution in [0.3, 0.4) is 0 Å². The van der Waals surface area contributed by atoms with Crippen LogP contribution in [0, 0.1) is 0 Å². The lowest BCUT2D eigenvalue weighted by Crippen LogP contribution is -2.45. The number of para-hydroxylation sites is 1. The minimum atomic E-state index is -0.485. The van der Waals surface area contributed by atoms with Crippen molar-refractivity contribution < 1.29 is 9.59 Å². The molecule has 7 heteroatoms. The Hall–Kier alpha value is -3.71. The Morgan fingerprint density at radius 3 is 2.44 bits per heavy atom. The van der Waals surface area contributed by atoms with Crippen molar-refractivity contribution >= 4 is 46.0 Å². The molecule has 0 aromatic heterocycles. The maximum absolute atomic E-state index is 13.0. The lowest BCUT2D eigenvalue weighted by molar-refractivity contribution is -0.119. The normalized spacial score (nSPS) is 16.4. The highest BCUT2D eigenvalue weighted by Crippen LogP contribution is 2.35. The number of aryl methyl sites for hydroxylation is 1. The highest BCUT2D eigenvalue weighted by Gasteiger charge is 2.41. The second kappa shape index (κ2) is 9.65. The van der Waals surface area contributed by atoms with Gasteiger partial charge >= 0.3 is 0 Å². The predicted molar refractivity (Wildman–Crippen MR) is 138 cm³/mol. The fourth-order valence-corrected chi connectivity index (χ4v) is 4.94. The van der Waals surface area contributed by atoms with Crippen LogP contribution in [-0.4, -0.2) is 39.5 Å². The highest BCUT2D eigenvalue weighted by atomic mass is 32.2. The van der Waals surface area contributed by atoms with Gasteiger partial charge in [-0.15, -0.1) is 0 Å². The van der Waals surface area contributed by atoms with Crippen LogP contribution in [0.25, 0.3) is 0 Å². The molecule has 3 aromatic rings. The first-order chi connectivity index (χ1) is 16.6. The number of hydrogen-bond donors (Lipinski definition) is 1. The van der Waals surface area contributed by atoms with E-state index in [-0.39, 0.29) is 17.6 Å². The molecule has 1 unspecified atom stereocenters. The molecule has 0 fully saturated rings. The Kier molecular flexibility index (Phi) is 6.27. The summed E-state index contributed by atoms with van der Waals surface area (Å²) in [6, 6.07) is 24.9. The quantitative estimate of drug-likeness (QED) is 0.563. The van der Waals surface area contributed by atoms with Gasteiger partial charge in [-0.3, -0.25) is 14.5 Å². The molecule has 0 radical (unpaired) electrons. The second-order valence-electron chi connectivity index (χ2n) is 8.15. The number of anilines is 1. The predicted octanol–water partition coefficient (Wildman–Crippen LogP) is 4.82. The van der Waals surface area contributed by atoms with Gasteiger partial charge in [-0.25, -0.2) is 4.99 Å². The molecule has 2 aliphatic rings. The van der Waals surface area contributed by atoms with Crippen LogP contribution in [0.5, 0.6) is 0 Å². The van der Waals surface area contributed by atoms with Gasteiger partial charge in [0.25, 0.3) is 5.91 Å². The van der Waals surface area contributed by atoms with E-state index in [9.17, 15) is 9.59 Å². The number of benzene rings is 3. The number of carbonyl (C=O) groups excluding carboxylic acids is 2. The van der Waals surface area contributed by atoms with Gasteiger partial charge in [-0.1, -0.05) is 73.3 Å². The van der Waals surface area contributed by atoms with Crippen LogP contribution in [0.2, 0.25) is 0 Å². The SMILES string of the molecule is CCc1ccc(NC(=O)CSC2=Nc3ccccc3C3=NC(=O)C(Cc4ccccc4)N23)cc1. The molecule has 0 spiro atoms. The zero-order valence-corrected chi connectivity index (χ0v) is 19.6. The van der Waals surface area contributed by atoms with Gasteiger partial charge in [0.05, 0.1) is 11.4 Å². The standard InChI is InChI=1S/C27H24N4O2S/c1-2-18-12-14-20(15-13-18)28-24(32)17-34-27-29-22-11-7-6-10-21(22)25-30-26(33)23(31(25)27)16-19-8-4-3-5-9-19/h3-15,23H,2,16-17H2,1H3,(H,28,32). The topological polar surface area (TPSA) is 74.1 Å². The Morgan fingerprint density at radius 2 is 1.68 bits per heavy atom. The smallest absolute Gasteiger partial charge is 0.271 e. The molecular formula is C27H24N4O2S. The molecule has 2 heterocycles. The van der Waals surface area contributed by atoms with E-state index < -0.39 is 6.04 Å². The van der Waals surface area contributed by atoms with Gasteiger partial charge in [0.2, 0.25) is 5.91 Å². The summed E-state index contributed by atoms with van der Waals surface area (Å²) in [4.78, 5) is 36.7. The number of rotatable bonds is 6. The summed E-state index contributed by atoms with van der Waals surface area (Å²) in [7, 11) is 0. The number of nitrogens with zero attached hydrogens (tertiary/aromatic N) is 3. The number of nitrogens with one attached hydrogen (secondary N) is 1. The third-order valence-electron chi connectivity index (χ3n) is 5.86. The highest BCUT2D eigenvalue weighted by molar-refractivity contribution is 8.14. The molecule has 0 saturated carbocycles. The molecule has 2 aliphatic heterocycles. The second-order valence-corrected chi connectivity index (χ2v) is 9.09. The molecule has 34 heavy (non-hydrogen) atoms. The molecular weight excluding hydrogens is 444 g/mol. The van der Waals surface area contributed by atoms with Crippen molar-refractivity contribution in [3.63, 3.8) is 0 Å². The van der Waals surface area contributed by atoms with Gasteiger partial charge in [0, 0.05) is 17.7 Å². The largest absolute Gasteiger partial charge is 0.325 e. The van der Waals surface area contributed by atoms with Crippen LogP contribution < -0.4 is 5.32 Å². The zero-order valence-electron chi connectivity index (χ0n) is 18.8. The van der Waals surface area contributed by atoms with Gasteiger partial charge in [0.1, 0.15) is 11.9 Å². The van der Waals surface area contributed by atoms with E-state index in [0.29, 0.717) is 17.4 Å². The average Bonchev–Trinajstić information content (AvgIpc) is 3.20. The number of carbonyl (C=O) groups is 2. The van der Waals surface area contributed by atoms with Crippen molar-refractivity contribution in [3.8, 4) is 0 Å². The Morgan fingerprint density at radius 1 is 0.941 bits per heavy atom. The number of thioether (sulfide) groups is 1. The van der Waals surface area contributed by atoms with E-state index in [4.69, 9.17) is 4.99 Å². The van der Waals surface area contributed by atoms with Crippen molar-refractivity contribution in [2.75, 3.05) is 11.1 Å². The van der Waals surface area contributed by atoms with Crippen LogP contribution in [0.1, 0.15) is 23.6 Å². The number of amides is 2. The fourth-order valence-electron chi connectivity index (χ4n) is 4.09. The third kappa shape index (κ3) is 4.52. The first kappa shape index (κ1) is 22.1. The maximum atomic E-state index is 13.0. The van der Waals surface area contributed by atoms with Gasteiger partial charge in [-0.2, -0.15) is 4.99 Å². The lowest BCUT2D eigenvalue weighted by atomic mass is 10.0. The minimum Gasteiger partial charge on any atom is -0.325 e. The number of fused-ring (bicyclic) bond motifs is 3. The molecule has 170 valence electrons. The number of hydrogen-bond acceptors (Lipinski definition) is 5. The molecule has 2 amide bonds. The molecule has 5 rings (SSSR count). The van der Waals surface area contributed by atoms with E-state index in [2.05, 4.69) is 17.2 Å². The van der Waals surface area contributed by atoms with Crippen LogP contribution in [-0.2, 0) is 22.4 Å². The first-order valence-corrected chi connectivity index (χ1v) is 12.3. The van der Waals surface area contributed by atoms with Crippen LogP contribution >= 0.6 is 11.8 Å². The summed E-state index contributed by atoms with van der Waals surface area (Å²) in [5, 5.41) is 3.55. The van der Waals surface area contributed by atoms with E-state index in [1.165, 1.54) is 17.3 Å². The average molecular weight is 469 g/mol. The molecule has 6 nitrogen and oxygen atoms in total. The van der Waals surface area contributed by atoms with Crippen LogP contribution in [0.15, 0.2) is 88.8 Å². The monoisotopic (exact) mass is 468 g/mol. The van der Waals surface area contributed by atoms with Gasteiger partial charge in [0.15, 0.2) is 5.17 Å². The number of amidine groups is 2. The summed E-state index contributed by atoms with van der Waals surface area (Å²) in [5.74, 6) is 0.463. The molecule has 3 aromatic carbocycles. The van der Waals surface area contributed by atoms with Crippen molar-refractivity contribution in [1.82, 2.24) is 4.90 Å². The zero-order chi connectivity index (χ0) is 23.5. The Labute approximate surface area is 202 Å². The summed E-state index contributed by atoms with van der Waals surface area (Å²) in [5.41, 5.74) is 4.62. The molecule has 1 atom stereocenters. The minimum absolute atomic E-state index is 0.126. The van der Waals surface area contributed by atoms with Gasteiger partial charge in [-0.05, 0) is 41.8 Å². The van der Waals surface area contributed by atoms with Gasteiger partial charge < -0.3 is 5.32 Å². The van der Waals surface area contributed by atoms with Crippen molar-refractivity contribution in [2.24, 2.45) is 9.98 Å². The molecule has 0 bridgehead atoms. The third-order valence-corrected chi connectivity index (χ3v) is 6.81. The molecule has 0 aliphatic carbocycles. The summed E-state index contributed by atoms with van der Waals surface area (Å²) < 4.78 is 0. The van der Waals surface area contributed by atoms with E-state index in [0.717, 1.165) is 28.9 Å².